The number of rotatable bonds is 15. The first-order valence-corrected chi connectivity index (χ1v) is 15.4. The Balaban J connectivity index is 1.81. The molecule has 0 aliphatic carbocycles. The van der Waals surface area contributed by atoms with E-state index in [0.29, 0.717) is 11.3 Å². The zero-order valence-electron chi connectivity index (χ0n) is 24.5. The molecule has 238 valence electrons. The van der Waals surface area contributed by atoms with Crippen molar-refractivity contribution in [2.45, 2.75) is 32.7 Å². The molecule has 0 aromatic heterocycles. The third kappa shape index (κ3) is 8.84. The summed E-state index contributed by atoms with van der Waals surface area (Å²) in [6.45, 7) is 2.88. The van der Waals surface area contributed by atoms with Gasteiger partial charge < -0.3 is 15.4 Å². The molecular weight excluding hydrogens is 596 g/mol. The van der Waals surface area contributed by atoms with Crippen LogP contribution in [0.15, 0.2) is 48.5 Å². The molecule has 0 saturated heterocycles. The molecule has 0 bridgehead atoms. The van der Waals surface area contributed by atoms with E-state index in [2.05, 4.69) is 10.6 Å². The number of hydrogen-bond acceptors (Lipinski definition) is 9. The minimum Gasteiger partial charge on any atom is -0.492 e. The summed E-state index contributed by atoms with van der Waals surface area (Å²) in [5.74, 6) is -6.32. The minimum absolute atomic E-state index is 0.0282. The van der Waals surface area contributed by atoms with Crippen LogP contribution in [0.5, 0.6) is 5.75 Å². The van der Waals surface area contributed by atoms with Crippen LogP contribution in [0.4, 0.5) is 0 Å². The average Bonchev–Trinajstić information content (AvgIpc) is 3.22. The maximum Gasteiger partial charge on any atom is 0.268 e. The Bertz CT molecular complexity index is 1460. The number of fused-ring (bicyclic) bond motifs is 1. The summed E-state index contributed by atoms with van der Waals surface area (Å²) < 4.78 is 35.9. The molecule has 0 radical (unpaired) electrons. The predicted octanol–water partition coefficient (Wildman–Crippen LogP) is 0.807. The number of nitrogens with one attached hydrogen (secondary N) is 3. The Morgan fingerprint density at radius 3 is 2.00 bits per heavy atom. The number of imide groups is 1. The topological polar surface area (TPSA) is 209 Å². The molecule has 15 heteroatoms. The van der Waals surface area contributed by atoms with Crippen molar-refractivity contribution in [3.8, 4) is 5.75 Å². The molecule has 2 aromatic carbocycles. The zero-order valence-corrected chi connectivity index (χ0v) is 25.3. The van der Waals surface area contributed by atoms with Gasteiger partial charge in [0.25, 0.3) is 21.9 Å². The number of carbonyl (C=O) groups is 5. The maximum absolute atomic E-state index is 13.7. The summed E-state index contributed by atoms with van der Waals surface area (Å²) in [6.07, 6.45) is 0.156. The molecule has 3 atom stereocenters. The van der Waals surface area contributed by atoms with E-state index in [9.17, 15) is 37.6 Å². The molecule has 14 nitrogen and oxygen atoms in total. The Labute approximate surface area is 254 Å². The fourth-order valence-electron chi connectivity index (χ4n) is 4.92. The summed E-state index contributed by atoms with van der Waals surface area (Å²) in [5, 5.41) is 14.7. The molecule has 3 unspecified atom stereocenters. The number of amides is 5. The van der Waals surface area contributed by atoms with E-state index in [1.807, 2.05) is 13.8 Å². The Kier molecular flexibility index (Phi) is 11.6. The molecule has 0 fully saturated rings. The monoisotopic (exact) mass is 632 g/mol. The number of likely N-dealkylation sites (N-methyl/N-ethyl adjacent to an activating group) is 1. The molecule has 44 heavy (non-hydrogen) atoms. The minimum atomic E-state index is -4.18. The van der Waals surface area contributed by atoms with Gasteiger partial charge in [0.05, 0.1) is 23.0 Å². The van der Waals surface area contributed by atoms with Crippen LogP contribution in [0.2, 0.25) is 0 Å². The maximum atomic E-state index is 13.7. The van der Waals surface area contributed by atoms with Gasteiger partial charge in [0.2, 0.25) is 17.7 Å². The summed E-state index contributed by atoms with van der Waals surface area (Å²) in [6, 6.07) is 11.4. The lowest BCUT2D eigenvalue weighted by molar-refractivity contribution is -0.142. The van der Waals surface area contributed by atoms with Crippen LogP contribution in [0, 0.1) is 17.8 Å². The van der Waals surface area contributed by atoms with Gasteiger partial charge >= 0.3 is 0 Å². The fraction of sp³-hybridized carbons (Fsp3) is 0.414. The summed E-state index contributed by atoms with van der Waals surface area (Å²) >= 11 is 0. The highest BCUT2D eigenvalue weighted by atomic mass is 32.2. The van der Waals surface area contributed by atoms with E-state index in [0.717, 1.165) is 4.90 Å². The van der Waals surface area contributed by atoms with Crippen molar-refractivity contribution in [1.82, 2.24) is 21.0 Å². The van der Waals surface area contributed by atoms with Gasteiger partial charge in [-0.05, 0) is 42.2 Å². The highest BCUT2D eigenvalue weighted by Gasteiger charge is 2.42. The summed E-state index contributed by atoms with van der Waals surface area (Å²) in [7, 11) is -2.79. The highest BCUT2D eigenvalue weighted by Crippen LogP contribution is 2.28. The molecule has 1 heterocycles. The summed E-state index contributed by atoms with van der Waals surface area (Å²) in [5.41, 5.74) is 2.49. The second kappa shape index (κ2) is 14.9. The molecule has 1 aliphatic heterocycles. The normalized spacial score (nSPS) is 14.9. The molecule has 0 spiro atoms. The van der Waals surface area contributed by atoms with Gasteiger partial charge in [-0.2, -0.15) is 8.42 Å². The van der Waals surface area contributed by atoms with E-state index in [-0.39, 0.29) is 36.5 Å². The number of nitrogens with zero attached hydrogens (tertiary/aromatic N) is 1. The van der Waals surface area contributed by atoms with E-state index in [1.165, 1.54) is 31.3 Å². The van der Waals surface area contributed by atoms with Gasteiger partial charge in [-0.25, -0.2) is 5.48 Å². The van der Waals surface area contributed by atoms with E-state index < -0.39 is 69.8 Å². The highest BCUT2D eigenvalue weighted by molar-refractivity contribution is 7.85. The molecular formula is C29H36N4O10S. The van der Waals surface area contributed by atoms with Crippen LogP contribution in [0.3, 0.4) is 0 Å². The first kappa shape index (κ1) is 34.2. The van der Waals surface area contributed by atoms with Crippen molar-refractivity contribution in [1.29, 1.82) is 0 Å². The number of hydrogen-bond donors (Lipinski definition) is 5. The van der Waals surface area contributed by atoms with E-state index in [4.69, 9.17) is 9.29 Å². The second-order valence-electron chi connectivity index (χ2n) is 10.7. The van der Waals surface area contributed by atoms with Crippen molar-refractivity contribution < 1.29 is 46.9 Å². The van der Waals surface area contributed by atoms with Gasteiger partial charge in [0.1, 0.15) is 24.2 Å². The largest absolute Gasteiger partial charge is 0.492 e. The lowest BCUT2D eigenvalue weighted by Crippen LogP contribution is -2.53. The van der Waals surface area contributed by atoms with Crippen molar-refractivity contribution in [2.75, 3.05) is 26.0 Å². The Morgan fingerprint density at radius 1 is 0.909 bits per heavy atom. The van der Waals surface area contributed by atoms with Gasteiger partial charge in [0.15, 0.2) is 0 Å². The third-order valence-electron chi connectivity index (χ3n) is 7.10. The van der Waals surface area contributed by atoms with Crippen LogP contribution in [-0.4, -0.2) is 84.6 Å². The Morgan fingerprint density at radius 2 is 1.50 bits per heavy atom. The first-order chi connectivity index (χ1) is 20.7. The van der Waals surface area contributed by atoms with Crippen LogP contribution in [-0.2, 0) is 30.9 Å². The molecule has 0 saturated carbocycles. The van der Waals surface area contributed by atoms with Crippen LogP contribution in [0.1, 0.15) is 46.5 Å². The SMILES string of the molecule is CNC(=O)C(Cc1ccc(OCCS(=O)(=O)O)cc1)NC(=O)C(CC(C)C)C(CN1C(=O)c2ccccc2C1=O)C(=O)NO. The van der Waals surface area contributed by atoms with Gasteiger partial charge in [-0.15, -0.1) is 0 Å². The molecule has 2 aromatic rings. The first-order valence-electron chi connectivity index (χ1n) is 13.8. The van der Waals surface area contributed by atoms with Crippen LogP contribution in [0.25, 0.3) is 0 Å². The van der Waals surface area contributed by atoms with E-state index >= 15 is 0 Å². The van der Waals surface area contributed by atoms with Crippen molar-refractivity contribution in [3.05, 3.63) is 65.2 Å². The van der Waals surface area contributed by atoms with Gasteiger partial charge in [-0.1, -0.05) is 38.1 Å². The number of carbonyl (C=O) groups excluding carboxylic acids is 5. The molecule has 5 N–H and O–H groups in total. The molecule has 3 rings (SSSR count). The van der Waals surface area contributed by atoms with Crippen molar-refractivity contribution >= 4 is 39.7 Å². The fourth-order valence-corrected chi connectivity index (χ4v) is 5.22. The standard InChI is InChI=1S/C29H36N4O10S/c1-17(2)14-22(23(26(35)32-39)16-33-28(37)20-6-4-5-7-21(20)29(33)38)25(34)31-24(27(36)30-3)15-18-8-10-19(11-9-18)43-12-13-44(40,41)42/h4-11,17,22-24,39H,12-16H2,1-3H3,(H,30,36)(H,31,34)(H,32,35)(H,40,41,42). The smallest absolute Gasteiger partial charge is 0.268 e. The Hall–Kier alpha value is -4.34. The van der Waals surface area contributed by atoms with Crippen molar-refractivity contribution in [2.24, 2.45) is 17.8 Å². The predicted molar refractivity (Wildman–Crippen MR) is 156 cm³/mol. The van der Waals surface area contributed by atoms with Gasteiger partial charge in [-0.3, -0.25) is 38.6 Å². The number of benzene rings is 2. The van der Waals surface area contributed by atoms with Gasteiger partial charge in [0, 0.05) is 20.0 Å². The van der Waals surface area contributed by atoms with Crippen molar-refractivity contribution in [3.63, 3.8) is 0 Å². The number of hydroxylamine groups is 1. The lowest BCUT2D eigenvalue weighted by Gasteiger charge is -2.30. The summed E-state index contributed by atoms with van der Waals surface area (Å²) in [4.78, 5) is 66.4. The lowest BCUT2D eigenvalue weighted by atomic mass is 9.83. The average molecular weight is 633 g/mol. The third-order valence-corrected chi connectivity index (χ3v) is 7.79. The quantitative estimate of drug-likeness (QED) is 0.0807. The molecule has 5 amide bonds. The number of ether oxygens (including phenoxy) is 1. The van der Waals surface area contributed by atoms with E-state index in [1.54, 1.807) is 29.7 Å². The zero-order chi connectivity index (χ0) is 32.6. The van der Waals surface area contributed by atoms with Crippen LogP contribution < -0.4 is 20.9 Å². The molecule has 1 aliphatic rings. The second-order valence-corrected chi connectivity index (χ2v) is 12.3. The van der Waals surface area contributed by atoms with Crippen LogP contribution >= 0.6 is 0 Å².